The van der Waals surface area contributed by atoms with E-state index in [9.17, 15) is 8.42 Å². The number of sulfonamides is 1. The van der Waals surface area contributed by atoms with Gasteiger partial charge in [-0.15, -0.1) is 0 Å². The molecule has 1 unspecified atom stereocenters. The largest absolute Gasteiger partial charge is 0.396 e. The number of unbranched alkanes of at least 4 members (excludes halogenated alkanes) is 1. The van der Waals surface area contributed by atoms with Crippen molar-refractivity contribution in [3.8, 4) is 0 Å². The van der Waals surface area contributed by atoms with Crippen molar-refractivity contribution in [3.05, 3.63) is 0 Å². The maximum Gasteiger partial charge on any atom is 0.214 e. The molecule has 1 heterocycles. The van der Waals surface area contributed by atoms with E-state index in [2.05, 4.69) is 0 Å². The number of hydrogen-bond donors (Lipinski definition) is 1. The quantitative estimate of drug-likeness (QED) is 0.770. The van der Waals surface area contributed by atoms with E-state index in [-0.39, 0.29) is 11.7 Å². The number of aliphatic hydroxyl groups is 1. The molecule has 1 aliphatic rings. The van der Waals surface area contributed by atoms with Crippen molar-refractivity contribution >= 4 is 10.0 Å². The Morgan fingerprint density at radius 2 is 2.07 bits per heavy atom. The average molecular weight is 237 g/mol. The molecule has 0 aromatic rings. The van der Waals surface area contributed by atoms with Gasteiger partial charge in [-0.2, -0.15) is 0 Å². The van der Waals surface area contributed by atoms with Gasteiger partial charge in [0.15, 0.2) is 0 Å². The molecule has 0 saturated carbocycles. The van der Waals surface area contributed by atoms with E-state index in [0.29, 0.717) is 32.4 Å². The molecule has 1 saturated heterocycles. The molecule has 0 radical (unpaired) electrons. The average Bonchev–Trinajstić information content (AvgIpc) is 2.26. The molecule has 0 amide bonds. The summed E-state index contributed by atoms with van der Waals surface area (Å²) in [6.07, 6.45) is 2.76. The van der Waals surface area contributed by atoms with Crippen LogP contribution in [-0.2, 0) is 10.0 Å². The van der Waals surface area contributed by atoms with Gasteiger partial charge in [-0.05, 0) is 25.2 Å². The summed E-state index contributed by atoms with van der Waals surface area (Å²) >= 11 is 0. The molecule has 1 atom stereocenters. The molecule has 90 valence electrons. The van der Waals surface area contributed by atoms with Crippen LogP contribution in [0.1, 0.15) is 34.0 Å². The molecule has 1 N–H and O–H groups in total. The van der Waals surface area contributed by atoms with Gasteiger partial charge >= 0.3 is 0 Å². The van der Waals surface area contributed by atoms with Gasteiger partial charge in [0.2, 0.25) is 10.0 Å². The van der Waals surface area contributed by atoms with E-state index in [4.69, 9.17) is 6.48 Å². The smallest absolute Gasteiger partial charge is 0.214 e. The molecular weight excluding hydrogens is 214 g/mol. The SMILES string of the molecule is [3H]C(O)C1CCN(S(=O)(=O)CCCC)CC1. The minimum atomic E-state index is -3.10. The van der Waals surface area contributed by atoms with Crippen LogP contribution in [0.2, 0.25) is 0 Å². The summed E-state index contributed by atoms with van der Waals surface area (Å²) in [5.74, 6) is 0.148. The normalized spacial score (nSPS) is 23.7. The van der Waals surface area contributed by atoms with Crippen LogP contribution in [0.4, 0.5) is 0 Å². The Kier molecular flexibility index (Phi) is 4.41. The molecule has 0 bridgehead atoms. The summed E-state index contributed by atoms with van der Waals surface area (Å²) in [4.78, 5) is 0. The van der Waals surface area contributed by atoms with Gasteiger partial charge in [0.05, 0.1) is 7.12 Å². The molecule has 0 aromatic carbocycles. The molecule has 1 aliphatic heterocycles. The number of nitrogens with zero attached hydrogens (tertiary/aromatic N) is 1. The topological polar surface area (TPSA) is 57.6 Å². The first-order valence-corrected chi connectivity index (χ1v) is 7.16. The second-order valence-corrected chi connectivity index (χ2v) is 6.14. The minimum absolute atomic E-state index is 0.0716. The van der Waals surface area contributed by atoms with Gasteiger partial charge in [-0.3, -0.25) is 0 Å². The molecule has 1 fully saturated rings. The predicted octanol–water partition coefficient (Wildman–Crippen LogP) is 0.821. The third-order valence-corrected chi connectivity index (χ3v) is 4.82. The summed E-state index contributed by atoms with van der Waals surface area (Å²) in [6.45, 7) is 1.80. The highest BCUT2D eigenvalue weighted by Gasteiger charge is 2.26. The number of rotatable bonds is 5. The maximum atomic E-state index is 11.8. The molecule has 0 aliphatic carbocycles. The zero-order chi connectivity index (χ0) is 12.2. The van der Waals surface area contributed by atoms with Crippen LogP contribution in [0.15, 0.2) is 0 Å². The van der Waals surface area contributed by atoms with E-state index in [0.717, 1.165) is 6.42 Å². The molecule has 0 aromatic heterocycles. The van der Waals surface area contributed by atoms with E-state index in [1.54, 1.807) is 0 Å². The summed E-state index contributed by atoms with van der Waals surface area (Å²) in [6, 6.07) is 0. The zero-order valence-electron chi connectivity index (χ0n) is 10.2. The summed E-state index contributed by atoms with van der Waals surface area (Å²) in [5, 5.41) is 9.11. The van der Waals surface area contributed by atoms with Crippen molar-refractivity contribution in [2.45, 2.75) is 32.6 Å². The Labute approximate surface area is 93.7 Å². The predicted molar refractivity (Wildman–Crippen MR) is 60.1 cm³/mol. The van der Waals surface area contributed by atoms with Crippen LogP contribution in [0, 0.1) is 5.92 Å². The fourth-order valence-electron chi connectivity index (χ4n) is 1.76. The van der Waals surface area contributed by atoms with Crippen LogP contribution >= 0.6 is 0 Å². The number of aliphatic hydroxyl groups excluding tert-OH is 1. The second-order valence-electron chi connectivity index (χ2n) is 4.06. The first kappa shape index (κ1) is 11.4. The van der Waals surface area contributed by atoms with Crippen molar-refractivity contribution in [2.24, 2.45) is 5.92 Å². The lowest BCUT2D eigenvalue weighted by Gasteiger charge is -2.30. The Morgan fingerprint density at radius 3 is 2.53 bits per heavy atom. The lowest BCUT2D eigenvalue weighted by molar-refractivity contribution is 0.170. The highest BCUT2D eigenvalue weighted by molar-refractivity contribution is 7.89. The minimum Gasteiger partial charge on any atom is -0.396 e. The Balaban J connectivity index is 2.47. The lowest BCUT2D eigenvalue weighted by atomic mass is 10.00. The standard InChI is InChI=1S/C10H21NO3S/c1-2-3-8-15(13,14)11-6-4-10(9-12)5-7-11/h10,12H,2-9H2,1H3/i9T. The van der Waals surface area contributed by atoms with Gasteiger partial charge in [-0.1, -0.05) is 13.3 Å². The van der Waals surface area contributed by atoms with Crippen LogP contribution < -0.4 is 0 Å². The fourth-order valence-corrected chi connectivity index (χ4v) is 3.44. The van der Waals surface area contributed by atoms with Crippen LogP contribution in [-0.4, -0.2) is 43.3 Å². The third-order valence-electron chi connectivity index (χ3n) is 2.86. The van der Waals surface area contributed by atoms with Crippen molar-refractivity contribution < 1.29 is 14.9 Å². The van der Waals surface area contributed by atoms with Crippen LogP contribution in [0.25, 0.3) is 0 Å². The van der Waals surface area contributed by atoms with Gasteiger partial charge in [-0.25, -0.2) is 12.7 Å². The maximum absolute atomic E-state index is 11.8. The molecule has 15 heavy (non-hydrogen) atoms. The number of hydrogen-bond acceptors (Lipinski definition) is 3. The third kappa shape index (κ3) is 3.74. The van der Waals surface area contributed by atoms with Gasteiger partial charge in [0.1, 0.15) is 0 Å². The zero-order valence-corrected chi connectivity index (χ0v) is 10.0. The first-order chi connectivity index (χ1) is 7.47. The highest BCUT2D eigenvalue weighted by Crippen LogP contribution is 2.19. The van der Waals surface area contributed by atoms with Gasteiger partial charge in [0, 0.05) is 19.7 Å². The lowest BCUT2D eigenvalue weighted by Crippen LogP contribution is -2.40. The summed E-state index contributed by atoms with van der Waals surface area (Å²) < 4.78 is 32.4. The molecule has 5 heteroatoms. The van der Waals surface area contributed by atoms with E-state index < -0.39 is 16.6 Å². The van der Waals surface area contributed by atoms with E-state index in [1.807, 2.05) is 6.92 Å². The van der Waals surface area contributed by atoms with Crippen LogP contribution in [0.3, 0.4) is 0 Å². The van der Waals surface area contributed by atoms with Crippen LogP contribution in [0.5, 0.6) is 0 Å². The Hall–Kier alpha value is -0.130. The fraction of sp³-hybridized carbons (Fsp3) is 1.00. The first-order valence-electron chi connectivity index (χ1n) is 6.13. The monoisotopic (exact) mass is 237 g/mol. The van der Waals surface area contributed by atoms with Crippen molar-refractivity contribution in [2.75, 3.05) is 25.4 Å². The van der Waals surface area contributed by atoms with Crippen molar-refractivity contribution in [1.29, 1.82) is 0 Å². The summed E-state index contributed by atoms with van der Waals surface area (Å²) in [5.41, 5.74) is 0. The molecule has 0 spiro atoms. The molecule has 1 rings (SSSR count). The van der Waals surface area contributed by atoms with Gasteiger partial charge in [0.25, 0.3) is 0 Å². The second kappa shape index (κ2) is 5.82. The molecule has 4 nitrogen and oxygen atoms in total. The highest BCUT2D eigenvalue weighted by atomic mass is 32.2. The Morgan fingerprint density at radius 1 is 1.47 bits per heavy atom. The Bertz CT molecular complexity index is 297. The van der Waals surface area contributed by atoms with Crippen molar-refractivity contribution in [1.82, 2.24) is 4.31 Å². The number of piperidine rings is 1. The van der Waals surface area contributed by atoms with Gasteiger partial charge < -0.3 is 5.11 Å². The van der Waals surface area contributed by atoms with E-state index >= 15 is 0 Å². The van der Waals surface area contributed by atoms with Crippen molar-refractivity contribution in [3.63, 3.8) is 0 Å². The summed E-state index contributed by atoms with van der Waals surface area (Å²) in [7, 11) is -3.10. The van der Waals surface area contributed by atoms with E-state index in [1.165, 1.54) is 4.31 Å². The molecular formula is C10H21NO3S.